The largest absolute Gasteiger partial charge is 0.512 e. The van der Waals surface area contributed by atoms with Crippen LogP contribution in [0.25, 0.3) is 5.57 Å². The monoisotopic (exact) mass is 282 g/mol. The first kappa shape index (κ1) is 15.2. The molecule has 0 atom stereocenters. The van der Waals surface area contributed by atoms with Gasteiger partial charge in [0, 0.05) is 17.6 Å². The van der Waals surface area contributed by atoms with Crippen LogP contribution in [-0.2, 0) is 6.42 Å². The van der Waals surface area contributed by atoms with Crippen LogP contribution in [0, 0.1) is 0 Å². The van der Waals surface area contributed by atoms with Gasteiger partial charge in [0.2, 0.25) is 0 Å². The van der Waals surface area contributed by atoms with E-state index in [4.69, 9.17) is 0 Å². The fraction of sp³-hybridized carbons (Fsp3) is 0.263. The Hall–Kier alpha value is -2.22. The standard InChI is InChI=1S/C19H22O2/c1-3-5-7-15-9-11-19(21)17(13-15)16-12-14(6-4-2)8-10-18(16)20/h3-4,9,11-13,20-21H,1-2,5-8,10H2. The van der Waals surface area contributed by atoms with Crippen LogP contribution in [0.5, 0.6) is 5.75 Å². The van der Waals surface area contributed by atoms with Gasteiger partial charge in [-0.1, -0.05) is 29.9 Å². The van der Waals surface area contributed by atoms with Crippen molar-refractivity contribution in [1.29, 1.82) is 0 Å². The van der Waals surface area contributed by atoms with E-state index in [-0.39, 0.29) is 5.75 Å². The number of aromatic hydroxyl groups is 1. The molecule has 0 aliphatic heterocycles. The minimum absolute atomic E-state index is 0.204. The average molecular weight is 282 g/mol. The molecule has 0 bridgehead atoms. The Balaban J connectivity index is 2.39. The van der Waals surface area contributed by atoms with Crippen molar-refractivity contribution in [2.75, 3.05) is 0 Å². The molecule has 0 amide bonds. The van der Waals surface area contributed by atoms with Gasteiger partial charge in [-0.2, -0.15) is 0 Å². The Labute approximate surface area is 126 Å². The summed E-state index contributed by atoms with van der Waals surface area (Å²) in [4.78, 5) is 0. The summed E-state index contributed by atoms with van der Waals surface area (Å²) in [5, 5.41) is 20.3. The van der Waals surface area contributed by atoms with Gasteiger partial charge in [-0.15, -0.1) is 13.2 Å². The average Bonchev–Trinajstić information content (AvgIpc) is 2.49. The third-order valence-corrected chi connectivity index (χ3v) is 3.74. The van der Waals surface area contributed by atoms with E-state index in [9.17, 15) is 10.2 Å². The Morgan fingerprint density at radius 3 is 2.62 bits per heavy atom. The number of hydrogen-bond acceptors (Lipinski definition) is 2. The summed E-state index contributed by atoms with van der Waals surface area (Å²) >= 11 is 0. The van der Waals surface area contributed by atoms with Gasteiger partial charge in [-0.3, -0.25) is 0 Å². The van der Waals surface area contributed by atoms with Crippen LogP contribution in [0.15, 0.2) is 60.9 Å². The molecule has 1 aliphatic rings. The van der Waals surface area contributed by atoms with Crippen molar-refractivity contribution in [3.8, 4) is 5.75 Å². The summed E-state index contributed by atoms with van der Waals surface area (Å²) in [7, 11) is 0. The highest BCUT2D eigenvalue weighted by Crippen LogP contribution is 2.35. The quantitative estimate of drug-likeness (QED) is 0.715. The van der Waals surface area contributed by atoms with Gasteiger partial charge in [0.15, 0.2) is 0 Å². The van der Waals surface area contributed by atoms with Gasteiger partial charge in [-0.05, 0) is 43.4 Å². The van der Waals surface area contributed by atoms with Gasteiger partial charge in [0.1, 0.15) is 11.5 Å². The van der Waals surface area contributed by atoms with E-state index in [2.05, 4.69) is 13.2 Å². The van der Waals surface area contributed by atoms with Crippen LogP contribution in [0.2, 0.25) is 0 Å². The van der Waals surface area contributed by atoms with Crippen LogP contribution in [0.4, 0.5) is 0 Å². The predicted molar refractivity (Wildman–Crippen MR) is 88.3 cm³/mol. The molecule has 0 heterocycles. The highest BCUT2D eigenvalue weighted by atomic mass is 16.3. The number of hydrogen-bond donors (Lipinski definition) is 2. The van der Waals surface area contributed by atoms with Gasteiger partial charge >= 0.3 is 0 Å². The van der Waals surface area contributed by atoms with Gasteiger partial charge < -0.3 is 10.2 Å². The molecule has 2 N–H and O–H groups in total. The Morgan fingerprint density at radius 2 is 1.90 bits per heavy atom. The number of aliphatic hydroxyl groups excluding tert-OH is 1. The first-order chi connectivity index (χ1) is 10.2. The third kappa shape index (κ3) is 3.66. The Kier molecular flexibility index (Phi) is 5.04. The number of allylic oxidation sites excluding steroid dienone is 6. The van der Waals surface area contributed by atoms with Crippen LogP contribution >= 0.6 is 0 Å². The molecular weight excluding hydrogens is 260 g/mol. The van der Waals surface area contributed by atoms with Crippen molar-refractivity contribution < 1.29 is 10.2 Å². The first-order valence-electron chi connectivity index (χ1n) is 7.31. The van der Waals surface area contributed by atoms with E-state index in [1.165, 1.54) is 5.57 Å². The maximum atomic E-state index is 10.2. The predicted octanol–water partition coefficient (Wildman–Crippen LogP) is 5.08. The third-order valence-electron chi connectivity index (χ3n) is 3.74. The van der Waals surface area contributed by atoms with Crippen LogP contribution in [-0.4, -0.2) is 10.2 Å². The van der Waals surface area contributed by atoms with Crippen LogP contribution < -0.4 is 0 Å². The lowest BCUT2D eigenvalue weighted by Crippen LogP contribution is -2.00. The highest BCUT2D eigenvalue weighted by molar-refractivity contribution is 5.80. The maximum Gasteiger partial charge on any atom is 0.123 e. The van der Waals surface area contributed by atoms with Crippen molar-refractivity contribution >= 4 is 5.57 Å². The second kappa shape index (κ2) is 6.98. The van der Waals surface area contributed by atoms with Gasteiger partial charge in [-0.25, -0.2) is 0 Å². The summed E-state index contributed by atoms with van der Waals surface area (Å²) in [6.07, 6.45) is 9.78. The van der Waals surface area contributed by atoms with Crippen molar-refractivity contribution in [3.63, 3.8) is 0 Å². The molecule has 0 saturated carbocycles. The van der Waals surface area contributed by atoms with E-state index in [0.29, 0.717) is 17.7 Å². The van der Waals surface area contributed by atoms with Crippen molar-refractivity contribution in [1.82, 2.24) is 0 Å². The van der Waals surface area contributed by atoms with E-state index in [1.807, 2.05) is 30.4 Å². The number of phenols is 1. The van der Waals surface area contributed by atoms with Gasteiger partial charge in [0.25, 0.3) is 0 Å². The van der Waals surface area contributed by atoms with Crippen molar-refractivity contribution in [2.24, 2.45) is 0 Å². The topological polar surface area (TPSA) is 40.5 Å². The fourth-order valence-electron chi connectivity index (χ4n) is 2.58. The zero-order chi connectivity index (χ0) is 15.2. The number of phenolic OH excluding ortho intramolecular Hbond substituents is 1. The molecular formula is C19H22O2. The highest BCUT2D eigenvalue weighted by Gasteiger charge is 2.16. The molecule has 2 rings (SSSR count). The molecule has 2 nitrogen and oxygen atoms in total. The summed E-state index contributed by atoms with van der Waals surface area (Å²) in [5.41, 5.74) is 3.80. The molecule has 1 aliphatic carbocycles. The lowest BCUT2D eigenvalue weighted by Gasteiger charge is -2.17. The number of aliphatic hydroxyl groups is 1. The molecule has 0 fully saturated rings. The summed E-state index contributed by atoms with van der Waals surface area (Å²) in [5.74, 6) is 0.550. The second-order valence-electron chi connectivity index (χ2n) is 5.33. The molecule has 1 aromatic rings. The summed E-state index contributed by atoms with van der Waals surface area (Å²) < 4.78 is 0. The maximum absolute atomic E-state index is 10.2. The normalized spacial score (nSPS) is 14.8. The molecule has 0 unspecified atom stereocenters. The van der Waals surface area contributed by atoms with Gasteiger partial charge in [0.05, 0.1) is 0 Å². The van der Waals surface area contributed by atoms with E-state index in [1.54, 1.807) is 6.07 Å². The second-order valence-corrected chi connectivity index (χ2v) is 5.33. The first-order valence-corrected chi connectivity index (χ1v) is 7.31. The van der Waals surface area contributed by atoms with Crippen molar-refractivity contribution in [2.45, 2.75) is 32.1 Å². The Morgan fingerprint density at radius 1 is 1.10 bits per heavy atom. The Bertz CT molecular complexity index is 606. The molecule has 0 radical (unpaired) electrons. The van der Waals surface area contributed by atoms with E-state index >= 15 is 0 Å². The van der Waals surface area contributed by atoms with Crippen LogP contribution in [0.1, 0.15) is 36.8 Å². The lowest BCUT2D eigenvalue weighted by atomic mass is 9.90. The molecule has 2 heteroatoms. The lowest BCUT2D eigenvalue weighted by molar-refractivity contribution is 0.388. The number of rotatable bonds is 6. The molecule has 0 aromatic heterocycles. The number of aryl methyl sites for hydroxylation is 1. The molecule has 0 spiro atoms. The zero-order valence-electron chi connectivity index (χ0n) is 12.3. The minimum atomic E-state index is 0.204. The summed E-state index contributed by atoms with van der Waals surface area (Å²) in [6, 6.07) is 5.57. The molecule has 21 heavy (non-hydrogen) atoms. The smallest absolute Gasteiger partial charge is 0.123 e. The molecule has 0 saturated heterocycles. The number of benzene rings is 1. The van der Waals surface area contributed by atoms with Crippen molar-refractivity contribution in [3.05, 3.63) is 72.0 Å². The van der Waals surface area contributed by atoms with Crippen LogP contribution in [0.3, 0.4) is 0 Å². The van der Waals surface area contributed by atoms with E-state index in [0.717, 1.165) is 36.8 Å². The van der Waals surface area contributed by atoms with E-state index < -0.39 is 0 Å². The zero-order valence-corrected chi connectivity index (χ0v) is 12.3. The molecule has 1 aromatic carbocycles. The summed E-state index contributed by atoms with van der Waals surface area (Å²) in [6.45, 7) is 7.49. The SMILES string of the molecule is C=CCCc1ccc(O)c(C2=C(O)CCC(CC=C)=C2)c1. The fourth-order valence-corrected chi connectivity index (χ4v) is 2.58. The minimum Gasteiger partial charge on any atom is -0.512 e. The molecule has 110 valence electrons.